The molecule has 0 aliphatic rings. The predicted octanol–water partition coefficient (Wildman–Crippen LogP) is 2.89. The van der Waals surface area contributed by atoms with E-state index in [-0.39, 0.29) is 5.75 Å². The SMILES string of the molecule is Oc1ccc2c(c1)[nH]c1c(CF)nccc12. The van der Waals surface area contributed by atoms with E-state index in [1.165, 1.54) is 0 Å². The molecule has 16 heavy (non-hydrogen) atoms. The minimum Gasteiger partial charge on any atom is -0.508 e. The van der Waals surface area contributed by atoms with Gasteiger partial charge in [0.15, 0.2) is 0 Å². The van der Waals surface area contributed by atoms with Crippen molar-refractivity contribution in [3.05, 3.63) is 36.2 Å². The summed E-state index contributed by atoms with van der Waals surface area (Å²) in [5.41, 5.74) is 1.89. The Morgan fingerprint density at radius 2 is 2.12 bits per heavy atom. The van der Waals surface area contributed by atoms with E-state index in [1.54, 1.807) is 18.3 Å². The number of pyridine rings is 1. The Labute approximate surface area is 90.5 Å². The average molecular weight is 216 g/mol. The fourth-order valence-corrected chi connectivity index (χ4v) is 1.98. The largest absolute Gasteiger partial charge is 0.508 e. The van der Waals surface area contributed by atoms with E-state index in [2.05, 4.69) is 9.97 Å². The van der Waals surface area contributed by atoms with E-state index < -0.39 is 6.67 Å². The lowest BCUT2D eigenvalue weighted by Gasteiger charge is -1.95. The molecule has 0 radical (unpaired) electrons. The van der Waals surface area contributed by atoms with Crippen molar-refractivity contribution in [3.8, 4) is 5.75 Å². The molecule has 0 bridgehead atoms. The maximum atomic E-state index is 12.7. The van der Waals surface area contributed by atoms with Crippen LogP contribution in [-0.2, 0) is 6.67 Å². The highest BCUT2D eigenvalue weighted by Gasteiger charge is 2.08. The minimum absolute atomic E-state index is 0.189. The Balaban J connectivity index is 2.49. The summed E-state index contributed by atoms with van der Waals surface area (Å²) >= 11 is 0. The molecule has 0 amide bonds. The Bertz CT molecular complexity index is 675. The number of aromatic hydroxyl groups is 1. The van der Waals surface area contributed by atoms with Crippen molar-refractivity contribution in [1.82, 2.24) is 9.97 Å². The number of rotatable bonds is 1. The second-order valence-corrected chi connectivity index (χ2v) is 3.67. The fraction of sp³-hybridized carbons (Fsp3) is 0.0833. The lowest BCUT2D eigenvalue weighted by atomic mass is 10.1. The van der Waals surface area contributed by atoms with Gasteiger partial charge in [0.25, 0.3) is 0 Å². The van der Waals surface area contributed by atoms with Gasteiger partial charge in [-0.3, -0.25) is 4.98 Å². The van der Waals surface area contributed by atoms with Crippen LogP contribution in [0.5, 0.6) is 5.75 Å². The zero-order valence-electron chi connectivity index (χ0n) is 8.37. The number of halogens is 1. The maximum absolute atomic E-state index is 12.7. The first-order valence-electron chi connectivity index (χ1n) is 4.94. The highest BCUT2D eigenvalue weighted by Crippen LogP contribution is 2.29. The van der Waals surface area contributed by atoms with Crippen LogP contribution in [0.3, 0.4) is 0 Å². The van der Waals surface area contributed by atoms with Gasteiger partial charge in [-0.15, -0.1) is 0 Å². The standard InChI is InChI=1S/C12H9FN2O/c13-6-11-12-9(3-4-14-11)8-2-1-7(16)5-10(8)15-12/h1-5,15-16H,6H2. The van der Waals surface area contributed by atoms with Crippen LogP contribution >= 0.6 is 0 Å². The van der Waals surface area contributed by atoms with Crippen LogP contribution in [-0.4, -0.2) is 15.1 Å². The number of aromatic amines is 1. The molecule has 0 fully saturated rings. The second-order valence-electron chi connectivity index (χ2n) is 3.67. The number of hydrogen-bond acceptors (Lipinski definition) is 2. The summed E-state index contributed by atoms with van der Waals surface area (Å²) in [5.74, 6) is 0.189. The van der Waals surface area contributed by atoms with Crippen molar-refractivity contribution in [2.75, 3.05) is 0 Å². The van der Waals surface area contributed by atoms with Crippen LogP contribution in [0.25, 0.3) is 21.8 Å². The Morgan fingerprint density at radius 3 is 2.94 bits per heavy atom. The third kappa shape index (κ3) is 1.16. The van der Waals surface area contributed by atoms with Gasteiger partial charge in [0.2, 0.25) is 0 Å². The molecule has 4 heteroatoms. The monoisotopic (exact) mass is 216 g/mol. The number of nitrogens with zero attached hydrogens (tertiary/aromatic N) is 1. The third-order valence-corrected chi connectivity index (χ3v) is 2.71. The van der Waals surface area contributed by atoms with Crippen LogP contribution in [0.4, 0.5) is 4.39 Å². The number of phenolic OH excluding ortho intramolecular Hbond substituents is 1. The van der Waals surface area contributed by atoms with Crippen molar-refractivity contribution < 1.29 is 9.50 Å². The molecule has 0 atom stereocenters. The first-order chi connectivity index (χ1) is 7.79. The maximum Gasteiger partial charge on any atom is 0.134 e. The van der Waals surface area contributed by atoms with Gasteiger partial charge in [-0.1, -0.05) is 0 Å². The zero-order chi connectivity index (χ0) is 11.1. The van der Waals surface area contributed by atoms with E-state index in [1.807, 2.05) is 12.1 Å². The van der Waals surface area contributed by atoms with Crippen LogP contribution in [0, 0.1) is 0 Å². The molecule has 0 saturated carbocycles. The number of benzene rings is 1. The number of H-pyrrole nitrogens is 1. The molecule has 0 unspecified atom stereocenters. The van der Waals surface area contributed by atoms with E-state index in [9.17, 15) is 9.50 Å². The molecule has 0 aliphatic carbocycles. The van der Waals surface area contributed by atoms with Crippen molar-refractivity contribution in [2.45, 2.75) is 6.67 Å². The van der Waals surface area contributed by atoms with E-state index in [4.69, 9.17) is 0 Å². The first kappa shape index (κ1) is 9.15. The van der Waals surface area contributed by atoms with Gasteiger partial charge >= 0.3 is 0 Å². The molecule has 3 aromatic rings. The molecule has 0 spiro atoms. The van der Waals surface area contributed by atoms with Crippen LogP contribution in [0.2, 0.25) is 0 Å². The van der Waals surface area contributed by atoms with Crippen molar-refractivity contribution >= 4 is 21.8 Å². The van der Waals surface area contributed by atoms with E-state index in [0.717, 1.165) is 16.3 Å². The smallest absolute Gasteiger partial charge is 0.134 e. The Hall–Kier alpha value is -2.10. The lowest BCUT2D eigenvalue weighted by molar-refractivity contribution is 0.476. The van der Waals surface area contributed by atoms with Gasteiger partial charge in [0, 0.05) is 23.0 Å². The van der Waals surface area contributed by atoms with E-state index >= 15 is 0 Å². The summed E-state index contributed by atoms with van der Waals surface area (Å²) in [7, 11) is 0. The average Bonchev–Trinajstić information content (AvgIpc) is 2.65. The van der Waals surface area contributed by atoms with Gasteiger partial charge < -0.3 is 10.1 Å². The Kier molecular flexibility index (Phi) is 1.83. The molecular formula is C12H9FN2O. The molecular weight excluding hydrogens is 207 g/mol. The first-order valence-corrected chi connectivity index (χ1v) is 4.94. The molecule has 80 valence electrons. The lowest BCUT2D eigenvalue weighted by Crippen LogP contribution is -1.85. The fourth-order valence-electron chi connectivity index (χ4n) is 1.98. The van der Waals surface area contributed by atoms with Gasteiger partial charge in [-0.25, -0.2) is 4.39 Å². The third-order valence-electron chi connectivity index (χ3n) is 2.71. The van der Waals surface area contributed by atoms with Gasteiger partial charge in [-0.05, 0) is 18.2 Å². The summed E-state index contributed by atoms with van der Waals surface area (Å²) in [6.07, 6.45) is 1.59. The number of phenols is 1. The van der Waals surface area contributed by atoms with Gasteiger partial charge in [-0.2, -0.15) is 0 Å². The normalized spacial score (nSPS) is 11.3. The van der Waals surface area contributed by atoms with Crippen LogP contribution in [0.15, 0.2) is 30.5 Å². The van der Waals surface area contributed by atoms with Gasteiger partial charge in [0.05, 0.1) is 16.7 Å². The summed E-state index contributed by atoms with van der Waals surface area (Å²) in [6.45, 7) is -0.601. The highest BCUT2D eigenvalue weighted by atomic mass is 19.1. The number of fused-ring (bicyclic) bond motifs is 3. The summed E-state index contributed by atoms with van der Waals surface area (Å²) in [4.78, 5) is 7.05. The molecule has 3 rings (SSSR count). The Morgan fingerprint density at radius 1 is 1.25 bits per heavy atom. The number of nitrogens with one attached hydrogen (secondary N) is 1. The molecule has 0 saturated heterocycles. The summed E-state index contributed by atoms with van der Waals surface area (Å²) < 4.78 is 12.7. The zero-order valence-corrected chi connectivity index (χ0v) is 8.37. The van der Waals surface area contributed by atoms with E-state index in [0.29, 0.717) is 11.2 Å². The predicted molar refractivity (Wildman–Crippen MR) is 60.1 cm³/mol. The van der Waals surface area contributed by atoms with Gasteiger partial charge in [0.1, 0.15) is 12.4 Å². The molecule has 2 aromatic heterocycles. The minimum atomic E-state index is -0.601. The van der Waals surface area contributed by atoms with Crippen molar-refractivity contribution in [1.29, 1.82) is 0 Å². The second kappa shape index (κ2) is 3.20. The molecule has 2 N–H and O–H groups in total. The molecule has 3 nitrogen and oxygen atoms in total. The van der Waals surface area contributed by atoms with Crippen LogP contribution in [0.1, 0.15) is 5.69 Å². The highest BCUT2D eigenvalue weighted by molar-refractivity contribution is 6.08. The quantitative estimate of drug-likeness (QED) is 0.657. The number of hydrogen-bond donors (Lipinski definition) is 2. The molecule has 1 aromatic carbocycles. The van der Waals surface area contributed by atoms with Crippen molar-refractivity contribution in [2.24, 2.45) is 0 Å². The topological polar surface area (TPSA) is 48.9 Å². The molecule has 2 heterocycles. The molecule has 0 aliphatic heterocycles. The summed E-state index contributed by atoms with van der Waals surface area (Å²) in [6, 6.07) is 6.89. The van der Waals surface area contributed by atoms with Crippen molar-refractivity contribution in [3.63, 3.8) is 0 Å². The number of aromatic nitrogens is 2. The number of alkyl halides is 1. The summed E-state index contributed by atoms with van der Waals surface area (Å²) in [5, 5.41) is 11.3. The van der Waals surface area contributed by atoms with Crippen LogP contribution < -0.4 is 0 Å².